The lowest BCUT2D eigenvalue weighted by atomic mass is 10.3. The van der Waals surface area contributed by atoms with Crippen molar-refractivity contribution >= 4 is 11.5 Å². The predicted octanol–water partition coefficient (Wildman–Crippen LogP) is 2.13. The van der Waals surface area contributed by atoms with E-state index in [1.807, 2.05) is 0 Å². The number of hydrogen-bond acceptors (Lipinski definition) is 4. The average Bonchev–Trinajstić information content (AvgIpc) is 2.16. The van der Waals surface area contributed by atoms with Gasteiger partial charge in [-0.25, -0.2) is 9.37 Å². The summed E-state index contributed by atoms with van der Waals surface area (Å²) in [6, 6.07) is 1.25. The number of hydrogen-bond donors (Lipinski definition) is 1. The number of methoxy groups -OCH3 is 1. The molecule has 0 radical (unpaired) electrons. The molecule has 0 aliphatic rings. The minimum atomic E-state index is -0.553. The molecule has 0 saturated carbocycles. The molecule has 1 aromatic heterocycles. The van der Waals surface area contributed by atoms with Crippen LogP contribution in [-0.4, -0.2) is 17.9 Å². The Morgan fingerprint density at radius 2 is 2.25 bits per heavy atom. The van der Waals surface area contributed by atoms with Gasteiger partial charge in [0.2, 0.25) is 5.88 Å². The molecule has 0 atom stereocenters. The molecule has 0 aromatic carbocycles. The second kappa shape index (κ2) is 5.25. The number of nitrogens with one attached hydrogen (secondary N) is 1. The Morgan fingerprint density at radius 3 is 2.75 bits per heavy atom. The van der Waals surface area contributed by atoms with E-state index in [1.54, 1.807) is 6.92 Å². The lowest BCUT2D eigenvalue weighted by Gasteiger charge is -2.07. The van der Waals surface area contributed by atoms with Crippen molar-refractivity contribution in [1.82, 2.24) is 4.98 Å². The van der Waals surface area contributed by atoms with E-state index in [0.29, 0.717) is 11.4 Å². The highest BCUT2D eigenvalue weighted by atomic mass is 19.1. The third-order valence-corrected chi connectivity index (χ3v) is 1.76. The van der Waals surface area contributed by atoms with Crippen molar-refractivity contribution in [2.75, 3.05) is 12.4 Å². The number of aromatic nitrogens is 1. The van der Waals surface area contributed by atoms with E-state index in [0.717, 1.165) is 0 Å². The van der Waals surface area contributed by atoms with Crippen LogP contribution in [0.4, 0.5) is 10.1 Å². The first-order valence-corrected chi connectivity index (χ1v) is 4.68. The van der Waals surface area contributed by atoms with Crippen molar-refractivity contribution in [2.24, 2.45) is 0 Å². The Labute approximate surface area is 93.1 Å². The van der Waals surface area contributed by atoms with Crippen LogP contribution >= 0.6 is 0 Å². The van der Waals surface area contributed by atoms with E-state index in [2.05, 4.69) is 15.0 Å². The van der Waals surface area contributed by atoms with Gasteiger partial charge in [-0.05, 0) is 19.9 Å². The molecule has 4 nitrogen and oxygen atoms in total. The molecule has 0 fully saturated rings. The maximum atomic E-state index is 13.2. The van der Waals surface area contributed by atoms with E-state index in [-0.39, 0.29) is 11.7 Å². The number of allylic oxidation sites excluding steroid dienone is 2. The van der Waals surface area contributed by atoms with Crippen LogP contribution in [0.2, 0.25) is 0 Å². The number of halogens is 1. The number of anilines is 1. The number of ketones is 1. The van der Waals surface area contributed by atoms with E-state index >= 15 is 0 Å². The van der Waals surface area contributed by atoms with Gasteiger partial charge in [-0.2, -0.15) is 0 Å². The van der Waals surface area contributed by atoms with Crippen molar-refractivity contribution in [2.45, 2.75) is 13.8 Å². The number of carbonyl (C=O) groups excluding carboxylic acids is 1. The van der Waals surface area contributed by atoms with Gasteiger partial charge in [-0.3, -0.25) is 4.79 Å². The molecule has 0 saturated heterocycles. The van der Waals surface area contributed by atoms with Gasteiger partial charge in [-0.15, -0.1) is 0 Å². The lowest BCUT2D eigenvalue weighted by molar-refractivity contribution is -0.112. The first-order valence-electron chi connectivity index (χ1n) is 4.68. The van der Waals surface area contributed by atoms with Gasteiger partial charge >= 0.3 is 0 Å². The molecular weight excluding hydrogens is 211 g/mol. The van der Waals surface area contributed by atoms with Gasteiger partial charge in [0.1, 0.15) is 0 Å². The van der Waals surface area contributed by atoms with Crippen molar-refractivity contribution in [3.05, 3.63) is 29.9 Å². The van der Waals surface area contributed by atoms with E-state index in [1.165, 1.54) is 32.4 Å². The molecule has 0 amide bonds. The highest BCUT2D eigenvalue weighted by Gasteiger charge is 2.05. The molecule has 86 valence electrons. The summed E-state index contributed by atoms with van der Waals surface area (Å²) in [5.41, 5.74) is 1.09. The van der Waals surface area contributed by atoms with Gasteiger partial charge in [-0.1, -0.05) is 0 Å². The zero-order valence-electron chi connectivity index (χ0n) is 9.37. The van der Waals surface area contributed by atoms with E-state index in [9.17, 15) is 9.18 Å². The number of rotatable bonds is 4. The van der Waals surface area contributed by atoms with Crippen molar-refractivity contribution in [3.8, 4) is 5.88 Å². The number of carbonyl (C=O) groups is 1. The van der Waals surface area contributed by atoms with Gasteiger partial charge in [0.25, 0.3) is 0 Å². The molecule has 5 heteroatoms. The van der Waals surface area contributed by atoms with Crippen LogP contribution in [0.15, 0.2) is 24.0 Å². The summed E-state index contributed by atoms with van der Waals surface area (Å²) in [5, 5.41) is 2.85. The highest BCUT2D eigenvalue weighted by molar-refractivity contribution is 5.88. The van der Waals surface area contributed by atoms with E-state index in [4.69, 9.17) is 0 Å². The summed E-state index contributed by atoms with van der Waals surface area (Å²) < 4.78 is 17.9. The van der Waals surface area contributed by atoms with Crippen molar-refractivity contribution in [3.63, 3.8) is 0 Å². The van der Waals surface area contributed by atoms with Crippen LogP contribution in [0.5, 0.6) is 5.88 Å². The third-order valence-electron chi connectivity index (χ3n) is 1.76. The number of pyridine rings is 1. The molecule has 0 bridgehead atoms. The molecule has 0 aliphatic carbocycles. The van der Waals surface area contributed by atoms with Gasteiger partial charge in [0.05, 0.1) is 19.0 Å². The van der Waals surface area contributed by atoms with Crippen LogP contribution in [-0.2, 0) is 4.79 Å². The third kappa shape index (κ3) is 3.34. The fourth-order valence-corrected chi connectivity index (χ4v) is 1.21. The van der Waals surface area contributed by atoms with Crippen molar-refractivity contribution in [1.29, 1.82) is 0 Å². The zero-order valence-corrected chi connectivity index (χ0v) is 9.37. The number of ether oxygens (including phenoxy) is 1. The number of nitrogens with zero attached hydrogens (tertiary/aromatic N) is 1. The molecule has 1 rings (SSSR count). The van der Waals surface area contributed by atoms with E-state index < -0.39 is 5.82 Å². The fourth-order valence-electron chi connectivity index (χ4n) is 1.21. The molecule has 0 unspecified atom stereocenters. The van der Waals surface area contributed by atoms with Gasteiger partial charge in [0, 0.05) is 11.8 Å². The van der Waals surface area contributed by atoms with Crippen LogP contribution in [0.25, 0.3) is 0 Å². The molecule has 1 aromatic rings. The first-order chi connectivity index (χ1) is 7.52. The summed E-state index contributed by atoms with van der Waals surface area (Å²) in [6.07, 6.45) is 2.85. The molecule has 16 heavy (non-hydrogen) atoms. The van der Waals surface area contributed by atoms with Crippen LogP contribution in [0.3, 0.4) is 0 Å². The summed E-state index contributed by atoms with van der Waals surface area (Å²) >= 11 is 0. The average molecular weight is 224 g/mol. The summed E-state index contributed by atoms with van der Waals surface area (Å²) in [6.45, 7) is 3.15. The molecule has 0 aliphatic heterocycles. The Bertz CT molecular complexity index is 430. The monoisotopic (exact) mass is 224 g/mol. The molecule has 1 heterocycles. The maximum Gasteiger partial charge on any atom is 0.250 e. The van der Waals surface area contributed by atoms with Crippen molar-refractivity contribution < 1.29 is 13.9 Å². The Hall–Kier alpha value is -1.91. The second-order valence-corrected chi connectivity index (χ2v) is 3.28. The largest absolute Gasteiger partial charge is 0.479 e. The summed E-state index contributed by atoms with van der Waals surface area (Å²) in [7, 11) is 1.35. The van der Waals surface area contributed by atoms with Crippen LogP contribution in [0, 0.1) is 5.82 Å². The minimum absolute atomic E-state index is 0.0567. The topological polar surface area (TPSA) is 51.2 Å². The summed E-state index contributed by atoms with van der Waals surface area (Å²) in [5.74, 6) is -0.686. The first kappa shape index (κ1) is 12.2. The lowest BCUT2D eigenvalue weighted by Crippen LogP contribution is -2.00. The molecule has 1 N–H and O–H groups in total. The summed E-state index contributed by atoms with van der Waals surface area (Å²) in [4.78, 5) is 14.5. The predicted molar refractivity (Wildman–Crippen MR) is 58.8 cm³/mol. The Balaban J connectivity index is 2.83. The maximum absolute atomic E-state index is 13.2. The smallest absolute Gasteiger partial charge is 0.250 e. The molecular formula is C11H13FN2O2. The van der Waals surface area contributed by atoms with Gasteiger partial charge in [0.15, 0.2) is 11.6 Å². The fraction of sp³-hybridized carbons (Fsp3) is 0.273. The SMILES string of the molecule is COc1ncc(N/C(C)=C/C(C)=O)cc1F. The Kier molecular flexibility index (Phi) is 3.99. The highest BCUT2D eigenvalue weighted by Crippen LogP contribution is 2.18. The second-order valence-electron chi connectivity index (χ2n) is 3.28. The minimum Gasteiger partial charge on any atom is -0.479 e. The molecule has 0 spiro atoms. The van der Waals surface area contributed by atoms with Crippen LogP contribution in [0.1, 0.15) is 13.8 Å². The van der Waals surface area contributed by atoms with Gasteiger partial charge < -0.3 is 10.1 Å². The Morgan fingerprint density at radius 1 is 1.56 bits per heavy atom. The normalized spacial score (nSPS) is 11.1. The zero-order chi connectivity index (χ0) is 12.1. The van der Waals surface area contributed by atoms with Crippen LogP contribution < -0.4 is 10.1 Å². The standard InChI is InChI=1S/C11H13FN2O2/c1-7(4-8(2)15)14-9-5-10(12)11(16-3)13-6-9/h4-6,14H,1-3H3/b7-4+. The quantitative estimate of drug-likeness (QED) is 0.796.